The maximum absolute atomic E-state index is 13.1. The maximum atomic E-state index is 13.1. The number of aromatic nitrogens is 1. The highest BCUT2D eigenvalue weighted by molar-refractivity contribution is 7.89. The van der Waals surface area contributed by atoms with Crippen LogP contribution in [-0.4, -0.2) is 46.8 Å². The summed E-state index contributed by atoms with van der Waals surface area (Å²) in [7, 11) is -0.816. The van der Waals surface area contributed by atoms with E-state index in [0.717, 1.165) is 29.5 Å². The Morgan fingerprint density at radius 3 is 2.32 bits per heavy atom. The minimum Gasteiger partial charge on any atom is -0.468 e. The van der Waals surface area contributed by atoms with E-state index < -0.39 is 27.5 Å². The molecule has 1 aromatic heterocycles. The standard InChI is InChI=1S/C31H32N2O7S/c1-37-30(34)26(20-21-7-6-10-24(19-21)31(38-2)15-17-39-18-16-31)29-33-27(22-8-4-3-5-9-22)28(40-29)23-11-13-25(14-12-23)41(32,35)36/h3-14,19,26H,15-18,20H2,1-2H3,(H2,32,35,36). The van der Waals surface area contributed by atoms with E-state index in [9.17, 15) is 13.2 Å². The molecule has 1 atom stereocenters. The first-order valence-corrected chi connectivity index (χ1v) is 14.8. The zero-order chi connectivity index (χ0) is 29.0. The highest BCUT2D eigenvalue weighted by atomic mass is 32.2. The van der Waals surface area contributed by atoms with Crippen molar-refractivity contribution in [1.82, 2.24) is 4.98 Å². The number of methoxy groups -OCH3 is 2. The molecule has 5 rings (SSSR count). The summed E-state index contributed by atoms with van der Waals surface area (Å²) < 4.78 is 46.6. The van der Waals surface area contributed by atoms with Crippen molar-refractivity contribution in [2.45, 2.75) is 35.7 Å². The van der Waals surface area contributed by atoms with Crippen molar-refractivity contribution in [2.24, 2.45) is 5.14 Å². The van der Waals surface area contributed by atoms with Gasteiger partial charge in [-0.3, -0.25) is 4.79 Å². The van der Waals surface area contributed by atoms with Gasteiger partial charge in [0.1, 0.15) is 11.6 Å². The lowest BCUT2D eigenvalue weighted by Gasteiger charge is -2.36. The van der Waals surface area contributed by atoms with Crippen LogP contribution < -0.4 is 5.14 Å². The molecule has 4 aromatic rings. The lowest BCUT2D eigenvalue weighted by atomic mass is 9.84. The predicted octanol–water partition coefficient (Wildman–Crippen LogP) is 4.81. The summed E-state index contributed by atoms with van der Waals surface area (Å²) in [6, 6.07) is 23.4. The summed E-state index contributed by atoms with van der Waals surface area (Å²) in [4.78, 5) is 17.9. The smallest absolute Gasteiger partial charge is 0.318 e. The largest absolute Gasteiger partial charge is 0.468 e. The van der Waals surface area contributed by atoms with Crippen molar-refractivity contribution < 1.29 is 31.8 Å². The summed E-state index contributed by atoms with van der Waals surface area (Å²) >= 11 is 0. The van der Waals surface area contributed by atoms with E-state index in [1.807, 2.05) is 48.5 Å². The van der Waals surface area contributed by atoms with Gasteiger partial charge in [-0.15, -0.1) is 0 Å². The molecule has 1 aliphatic rings. The van der Waals surface area contributed by atoms with Gasteiger partial charge in [0.15, 0.2) is 5.76 Å². The number of oxazole rings is 1. The molecule has 0 bridgehead atoms. The molecule has 1 unspecified atom stereocenters. The third kappa shape index (κ3) is 6.11. The number of ether oxygens (including phenoxy) is 3. The Kier molecular flexibility index (Phi) is 8.37. The van der Waals surface area contributed by atoms with Gasteiger partial charge in [-0.25, -0.2) is 18.5 Å². The van der Waals surface area contributed by atoms with Crippen LogP contribution in [0, 0.1) is 0 Å². The number of esters is 1. The van der Waals surface area contributed by atoms with E-state index in [0.29, 0.717) is 30.2 Å². The molecule has 2 heterocycles. The molecule has 0 aliphatic carbocycles. The Hall–Kier alpha value is -3.83. The minimum atomic E-state index is -3.86. The minimum absolute atomic E-state index is 0.0204. The summed E-state index contributed by atoms with van der Waals surface area (Å²) in [5.41, 5.74) is 3.36. The molecule has 41 heavy (non-hydrogen) atoms. The summed E-state index contributed by atoms with van der Waals surface area (Å²) in [5.74, 6) is -0.724. The van der Waals surface area contributed by atoms with E-state index >= 15 is 0 Å². The topological polar surface area (TPSA) is 131 Å². The lowest BCUT2D eigenvalue weighted by Crippen LogP contribution is -2.35. The molecule has 214 valence electrons. The molecule has 10 heteroatoms. The van der Waals surface area contributed by atoms with E-state index in [2.05, 4.69) is 6.07 Å². The van der Waals surface area contributed by atoms with Crippen LogP contribution in [0.1, 0.15) is 35.8 Å². The second-order valence-corrected chi connectivity index (χ2v) is 11.5. The van der Waals surface area contributed by atoms with E-state index in [1.54, 1.807) is 19.2 Å². The van der Waals surface area contributed by atoms with Gasteiger partial charge in [0.25, 0.3) is 0 Å². The fraction of sp³-hybridized carbons (Fsp3) is 0.290. The van der Waals surface area contributed by atoms with Crippen molar-refractivity contribution >= 4 is 16.0 Å². The average molecular weight is 577 g/mol. The highest BCUT2D eigenvalue weighted by Crippen LogP contribution is 2.38. The fourth-order valence-electron chi connectivity index (χ4n) is 5.21. The van der Waals surface area contributed by atoms with Crippen LogP contribution in [0.3, 0.4) is 0 Å². The van der Waals surface area contributed by atoms with Gasteiger partial charge in [0.05, 0.1) is 17.6 Å². The van der Waals surface area contributed by atoms with Crippen molar-refractivity contribution in [3.8, 4) is 22.6 Å². The highest BCUT2D eigenvalue weighted by Gasteiger charge is 2.35. The number of nitrogens with zero attached hydrogens (tertiary/aromatic N) is 1. The quantitative estimate of drug-likeness (QED) is 0.281. The molecule has 0 amide bonds. The third-order valence-electron chi connectivity index (χ3n) is 7.50. The van der Waals surface area contributed by atoms with Crippen molar-refractivity contribution in [3.05, 3.63) is 95.9 Å². The normalized spacial score (nSPS) is 15.8. The van der Waals surface area contributed by atoms with Crippen LogP contribution >= 0.6 is 0 Å². The second-order valence-electron chi connectivity index (χ2n) is 9.96. The predicted molar refractivity (Wildman–Crippen MR) is 152 cm³/mol. The van der Waals surface area contributed by atoms with Crippen LogP contribution in [0.4, 0.5) is 0 Å². The molecule has 1 aliphatic heterocycles. The molecular formula is C31H32N2O7S. The molecule has 0 spiro atoms. The van der Waals surface area contributed by atoms with Crippen molar-refractivity contribution in [2.75, 3.05) is 27.4 Å². The van der Waals surface area contributed by atoms with Crippen molar-refractivity contribution in [3.63, 3.8) is 0 Å². The van der Waals surface area contributed by atoms with Gasteiger partial charge in [-0.2, -0.15) is 0 Å². The number of sulfonamides is 1. The lowest BCUT2D eigenvalue weighted by molar-refractivity contribution is -0.142. The number of carbonyl (C=O) groups is 1. The summed E-state index contributed by atoms with van der Waals surface area (Å²) in [5, 5.41) is 5.28. The monoisotopic (exact) mass is 576 g/mol. The number of hydrogen-bond donors (Lipinski definition) is 1. The molecule has 2 N–H and O–H groups in total. The summed E-state index contributed by atoms with van der Waals surface area (Å²) in [6.07, 6.45) is 1.76. The van der Waals surface area contributed by atoms with Crippen LogP contribution in [0.5, 0.6) is 0 Å². The Bertz CT molecular complexity index is 1610. The Labute approximate surface area is 239 Å². The Morgan fingerprint density at radius 2 is 1.68 bits per heavy atom. The Balaban J connectivity index is 1.55. The molecule has 0 radical (unpaired) electrons. The van der Waals surface area contributed by atoms with Gasteiger partial charge in [-0.05, 0) is 41.8 Å². The molecule has 1 saturated heterocycles. The maximum Gasteiger partial charge on any atom is 0.318 e. The number of nitrogens with two attached hydrogens (primary N) is 1. The second kappa shape index (κ2) is 12.0. The van der Waals surface area contributed by atoms with E-state index in [1.165, 1.54) is 19.2 Å². The Morgan fingerprint density at radius 1 is 0.976 bits per heavy atom. The number of primary sulfonamides is 1. The average Bonchev–Trinajstić information content (AvgIpc) is 3.45. The van der Waals surface area contributed by atoms with Crippen LogP contribution in [0.2, 0.25) is 0 Å². The number of carbonyl (C=O) groups excluding carboxylic acids is 1. The molecule has 3 aromatic carbocycles. The first kappa shape index (κ1) is 28.7. The van der Waals surface area contributed by atoms with E-state index in [4.69, 9.17) is 28.8 Å². The van der Waals surface area contributed by atoms with Crippen LogP contribution in [0.25, 0.3) is 22.6 Å². The van der Waals surface area contributed by atoms with Gasteiger partial charge in [0, 0.05) is 44.3 Å². The van der Waals surface area contributed by atoms with Gasteiger partial charge in [-0.1, -0.05) is 54.6 Å². The van der Waals surface area contributed by atoms with Gasteiger partial charge in [0.2, 0.25) is 15.9 Å². The number of rotatable bonds is 9. The molecule has 1 fully saturated rings. The fourth-order valence-corrected chi connectivity index (χ4v) is 5.73. The number of benzene rings is 3. The molecule has 9 nitrogen and oxygen atoms in total. The number of hydrogen-bond acceptors (Lipinski definition) is 8. The first-order valence-electron chi connectivity index (χ1n) is 13.2. The zero-order valence-electron chi connectivity index (χ0n) is 22.9. The first-order chi connectivity index (χ1) is 19.7. The van der Waals surface area contributed by atoms with Crippen LogP contribution in [0.15, 0.2) is 88.2 Å². The van der Waals surface area contributed by atoms with Crippen LogP contribution in [-0.2, 0) is 41.1 Å². The summed E-state index contributed by atoms with van der Waals surface area (Å²) in [6.45, 7) is 1.23. The molecule has 0 saturated carbocycles. The SMILES string of the molecule is COC(=O)C(Cc1cccc(C2(OC)CCOCC2)c1)c1nc(-c2ccccc2)c(-c2ccc(S(N)(=O)=O)cc2)o1. The van der Waals surface area contributed by atoms with E-state index in [-0.39, 0.29) is 17.2 Å². The molecular weight excluding hydrogens is 544 g/mol. The van der Waals surface area contributed by atoms with Gasteiger partial charge >= 0.3 is 5.97 Å². The zero-order valence-corrected chi connectivity index (χ0v) is 23.7. The third-order valence-corrected chi connectivity index (χ3v) is 8.43. The van der Waals surface area contributed by atoms with Crippen molar-refractivity contribution in [1.29, 1.82) is 0 Å². The van der Waals surface area contributed by atoms with Gasteiger partial charge < -0.3 is 18.6 Å².